The van der Waals surface area contributed by atoms with Crippen molar-refractivity contribution in [1.82, 2.24) is 4.98 Å². The van der Waals surface area contributed by atoms with Crippen molar-refractivity contribution in [3.05, 3.63) is 21.9 Å². The Hall–Kier alpha value is -1.62. The van der Waals surface area contributed by atoms with Gasteiger partial charge >= 0.3 is 6.36 Å². The van der Waals surface area contributed by atoms with Gasteiger partial charge in [0.1, 0.15) is 6.20 Å². The zero-order valence-corrected chi connectivity index (χ0v) is 10.5. The summed E-state index contributed by atoms with van der Waals surface area (Å²) < 4.78 is 62.1. The van der Waals surface area contributed by atoms with Crippen LogP contribution >= 0.6 is 10.7 Å². The average molecular weight is 321 g/mol. The molecule has 1 aromatic rings. The summed E-state index contributed by atoms with van der Waals surface area (Å²) in [5.74, 6) is -1.32. The van der Waals surface area contributed by atoms with Crippen LogP contribution in [0.15, 0.2) is 11.2 Å². The van der Waals surface area contributed by atoms with Gasteiger partial charge in [0.25, 0.3) is 14.7 Å². The summed E-state index contributed by atoms with van der Waals surface area (Å²) in [5.41, 5.74) is -1.49. The zero-order valence-electron chi connectivity index (χ0n) is 8.93. The summed E-state index contributed by atoms with van der Waals surface area (Å²) in [7, 11) is 0.232. The molecule has 0 saturated carbocycles. The van der Waals surface area contributed by atoms with Crippen LogP contribution in [0.25, 0.3) is 0 Å². The third kappa shape index (κ3) is 3.67. The molecule has 106 valence electrons. The number of hydrogen-bond acceptors (Lipinski definition) is 6. The van der Waals surface area contributed by atoms with Gasteiger partial charge in [-0.15, -0.1) is 13.2 Å². The Balaban J connectivity index is 3.60. The second kappa shape index (κ2) is 4.81. The molecule has 0 radical (unpaired) electrons. The number of alkyl halides is 3. The maximum Gasteiger partial charge on any atom is 0.573 e. The molecule has 0 fully saturated rings. The maximum absolute atomic E-state index is 12.2. The van der Waals surface area contributed by atoms with Crippen molar-refractivity contribution in [1.29, 1.82) is 0 Å². The molecule has 0 aromatic carbocycles. The van der Waals surface area contributed by atoms with Crippen LogP contribution in [-0.4, -0.2) is 24.7 Å². The Kier molecular flexibility index (Phi) is 3.91. The quantitative estimate of drug-likeness (QED) is 0.480. The van der Waals surface area contributed by atoms with Crippen LogP contribution in [0.1, 0.15) is 5.56 Å². The number of aromatic nitrogens is 1. The molecule has 0 saturated heterocycles. The smallest absolute Gasteiger partial charge is 0.402 e. The lowest BCUT2D eigenvalue weighted by Crippen LogP contribution is -2.20. The second-order valence-corrected chi connectivity index (χ2v) is 5.63. The van der Waals surface area contributed by atoms with E-state index in [2.05, 4.69) is 9.72 Å². The Bertz CT molecular complexity index is 630. The SMILES string of the molecule is Cc1c([N+](=O)[O-])cnc(S(=O)(=O)Cl)c1OC(F)(F)F. The van der Waals surface area contributed by atoms with Gasteiger partial charge in [-0.1, -0.05) is 0 Å². The normalized spacial score (nSPS) is 12.3. The van der Waals surface area contributed by atoms with E-state index in [4.69, 9.17) is 10.7 Å². The molecule has 0 unspecified atom stereocenters. The molecule has 0 spiro atoms. The van der Waals surface area contributed by atoms with E-state index in [-0.39, 0.29) is 0 Å². The van der Waals surface area contributed by atoms with E-state index in [0.29, 0.717) is 6.20 Å². The highest BCUT2D eigenvalue weighted by molar-refractivity contribution is 8.13. The largest absolute Gasteiger partial charge is 0.573 e. The number of pyridine rings is 1. The van der Waals surface area contributed by atoms with Crippen LogP contribution in [0, 0.1) is 17.0 Å². The minimum absolute atomic E-state index is 0.480. The molecule has 1 heterocycles. The highest BCUT2D eigenvalue weighted by atomic mass is 35.7. The molecule has 0 aliphatic rings. The van der Waals surface area contributed by atoms with E-state index in [0.717, 1.165) is 6.92 Å². The van der Waals surface area contributed by atoms with Crippen molar-refractivity contribution < 1.29 is 31.2 Å². The third-order valence-electron chi connectivity index (χ3n) is 1.87. The number of ether oxygens (including phenoxy) is 1. The van der Waals surface area contributed by atoms with Crippen molar-refractivity contribution in [2.75, 3.05) is 0 Å². The van der Waals surface area contributed by atoms with Gasteiger partial charge in [-0.05, 0) is 6.92 Å². The van der Waals surface area contributed by atoms with Gasteiger partial charge in [0.2, 0.25) is 5.03 Å². The van der Waals surface area contributed by atoms with Crippen molar-refractivity contribution in [2.45, 2.75) is 18.3 Å². The Morgan fingerprint density at radius 3 is 2.37 bits per heavy atom. The molecular weight excluding hydrogens is 317 g/mol. The average Bonchev–Trinajstić information content (AvgIpc) is 2.16. The van der Waals surface area contributed by atoms with Crippen molar-refractivity contribution in [3.8, 4) is 5.75 Å². The predicted molar refractivity (Wildman–Crippen MR) is 55.4 cm³/mol. The van der Waals surface area contributed by atoms with Gasteiger partial charge < -0.3 is 4.74 Å². The van der Waals surface area contributed by atoms with Crippen LogP contribution in [0.5, 0.6) is 5.75 Å². The topological polar surface area (TPSA) is 99.4 Å². The first-order valence-corrected chi connectivity index (χ1v) is 6.59. The lowest BCUT2D eigenvalue weighted by molar-refractivity contribution is -0.386. The maximum atomic E-state index is 12.2. The van der Waals surface area contributed by atoms with Crippen LogP contribution in [0.4, 0.5) is 18.9 Å². The summed E-state index contributed by atoms with van der Waals surface area (Å²) in [6.07, 6.45) is -4.77. The predicted octanol–water partition coefficient (Wildman–Crippen LogP) is 2.12. The fraction of sp³-hybridized carbons (Fsp3) is 0.286. The first-order chi connectivity index (χ1) is 8.43. The minimum atomic E-state index is -5.25. The van der Waals surface area contributed by atoms with Crippen molar-refractivity contribution in [2.24, 2.45) is 0 Å². The van der Waals surface area contributed by atoms with E-state index in [1.165, 1.54) is 0 Å². The molecule has 0 N–H and O–H groups in total. The van der Waals surface area contributed by atoms with Crippen molar-refractivity contribution >= 4 is 25.4 Å². The standard InChI is InChI=1S/C7H4ClF3N2O5S/c1-3-4(13(14)15)2-12-6(19(8,16)17)5(3)18-7(9,10)11/h2H,1H3. The number of nitro groups is 1. The molecule has 0 bridgehead atoms. The highest BCUT2D eigenvalue weighted by Gasteiger charge is 2.37. The summed E-state index contributed by atoms with van der Waals surface area (Å²) in [6, 6.07) is 0. The lowest BCUT2D eigenvalue weighted by atomic mass is 10.2. The lowest BCUT2D eigenvalue weighted by Gasteiger charge is -2.13. The first kappa shape index (κ1) is 15.4. The highest BCUT2D eigenvalue weighted by Crippen LogP contribution is 2.36. The molecule has 19 heavy (non-hydrogen) atoms. The number of halogens is 4. The van der Waals surface area contributed by atoms with Gasteiger partial charge in [-0.2, -0.15) is 0 Å². The molecule has 0 atom stereocenters. The monoisotopic (exact) mass is 320 g/mol. The van der Waals surface area contributed by atoms with Gasteiger partial charge in [-0.3, -0.25) is 10.1 Å². The van der Waals surface area contributed by atoms with Gasteiger partial charge in [0.15, 0.2) is 5.75 Å². The molecule has 1 rings (SSSR count). The fourth-order valence-electron chi connectivity index (χ4n) is 1.15. The Labute approximate surface area is 108 Å². The molecule has 1 aromatic heterocycles. The van der Waals surface area contributed by atoms with E-state index in [9.17, 15) is 31.7 Å². The number of nitrogens with zero attached hydrogens (tertiary/aromatic N) is 2. The Morgan fingerprint density at radius 2 is 2.00 bits per heavy atom. The first-order valence-electron chi connectivity index (χ1n) is 4.28. The van der Waals surface area contributed by atoms with Crippen LogP contribution in [0.3, 0.4) is 0 Å². The summed E-state index contributed by atoms with van der Waals surface area (Å²) in [6.45, 7) is 0.881. The molecule has 7 nitrogen and oxygen atoms in total. The summed E-state index contributed by atoms with van der Waals surface area (Å²) in [4.78, 5) is 12.5. The summed E-state index contributed by atoms with van der Waals surface area (Å²) >= 11 is 0. The Morgan fingerprint density at radius 1 is 1.47 bits per heavy atom. The molecule has 0 amide bonds. The number of rotatable bonds is 3. The molecular formula is C7H4ClF3N2O5S. The third-order valence-corrected chi connectivity index (χ3v) is 3.06. The van der Waals surface area contributed by atoms with E-state index in [1.54, 1.807) is 0 Å². The van der Waals surface area contributed by atoms with Crippen molar-refractivity contribution in [3.63, 3.8) is 0 Å². The number of hydrogen-bond donors (Lipinski definition) is 0. The van der Waals surface area contributed by atoms with E-state index >= 15 is 0 Å². The molecule has 0 aliphatic carbocycles. The molecule has 12 heteroatoms. The summed E-state index contributed by atoms with van der Waals surface area (Å²) in [5, 5.41) is 9.31. The molecule has 0 aliphatic heterocycles. The van der Waals surface area contributed by atoms with Gasteiger partial charge in [-0.25, -0.2) is 13.4 Å². The van der Waals surface area contributed by atoms with Gasteiger partial charge in [0, 0.05) is 10.7 Å². The van der Waals surface area contributed by atoms with E-state index < -0.39 is 42.4 Å². The zero-order chi connectivity index (χ0) is 15.0. The second-order valence-electron chi connectivity index (χ2n) is 3.15. The van der Waals surface area contributed by atoms with Crippen LogP contribution in [0.2, 0.25) is 0 Å². The fourth-order valence-corrected chi connectivity index (χ4v) is 2.07. The van der Waals surface area contributed by atoms with Crippen LogP contribution in [-0.2, 0) is 9.05 Å². The van der Waals surface area contributed by atoms with Gasteiger partial charge in [0.05, 0.1) is 10.5 Å². The van der Waals surface area contributed by atoms with Crippen LogP contribution < -0.4 is 4.74 Å². The minimum Gasteiger partial charge on any atom is -0.402 e. The van der Waals surface area contributed by atoms with E-state index in [1.807, 2.05) is 0 Å².